The van der Waals surface area contributed by atoms with Crippen LogP contribution in [0.5, 0.6) is 5.75 Å². The van der Waals surface area contributed by atoms with Gasteiger partial charge >= 0.3 is 5.63 Å². The van der Waals surface area contributed by atoms with Crippen LogP contribution in [0, 0.1) is 13.8 Å². The Labute approximate surface area is 162 Å². The van der Waals surface area contributed by atoms with E-state index in [0.29, 0.717) is 23.0 Å². The number of fused-ring (bicyclic) bond motifs is 1. The van der Waals surface area contributed by atoms with Gasteiger partial charge in [-0.15, -0.1) is 0 Å². The molecule has 0 amide bonds. The number of rotatable bonds is 4. The molecule has 0 atom stereocenters. The molecule has 0 saturated heterocycles. The molecule has 136 valence electrons. The fraction of sp³-hybridized carbons (Fsp3) is 0.150. The second-order valence-corrected chi connectivity index (χ2v) is 7.04. The van der Waals surface area contributed by atoms with Crippen molar-refractivity contribution in [1.29, 1.82) is 0 Å². The zero-order valence-electron chi connectivity index (χ0n) is 14.7. The second kappa shape index (κ2) is 7.00. The minimum Gasteiger partial charge on any atom is -0.483 e. The van der Waals surface area contributed by atoms with E-state index in [-0.39, 0.29) is 12.2 Å². The van der Waals surface area contributed by atoms with Crippen molar-refractivity contribution >= 4 is 26.9 Å². The lowest BCUT2D eigenvalue weighted by molar-refractivity contribution is 0.241. The van der Waals surface area contributed by atoms with Gasteiger partial charge in [-0.25, -0.2) is 4.79 Å². The first-order valence-electron chi connectivity index (χ1n) is 8.26. The van der Waals surface area contributed by atoms with Gasteiger partial charge in [0.1, 0.15) is 11.3 Å². The SMILES string of the molecule is Cc1cc(=O)oc2c(C)c(OCc3nc(-c4cccc(Br)c4)no3)ccc12. The molecule has 0 N–H and O–H groups in total. The normalized spacial score (nSPS) is 11.1. The average Bonchev–Trinajstić information content (AvgIpc) is 3.11. The Morgan fingerprint density at radius 3 is 2.81 bits per heavy atom. The highest BCUT2D eigenvalue weighted by molar-refractivity contribution is 9.10. The van der Waals surface area contributed by atoms with Gasteiger partial charge in [0.05, 0.1) is 0 Å². The van der Waals surface area contributed by atoms with Crippen LogP contribution in [0.15, 0.2) is 60.7 Å². The highest BCUT2D eigenvalue weighted by Gasteiger charge is 2.13. The van der Waals surface area contributed by atoms with E-state index in [1.54, 1.807) is 0 Å². The summed E-state index contributed by atoms with van der Waals surface area (Å²) in [4.78, 5) is 16.0. The molecule has 0 aliphatic carbocycles. The Morgan fingerprint density at radius 2 is 2.00 bits per heavy atom. The molecule has 2 aromatic heterocycles. The van der Waals surface area contributed by atoms with Crippen LogP contribution in [0.3, 0.4) is 0 Å². The van der Waals surface area contributed by atoms with E-state index in [9.17, 15) is 4.79 Å². The Morgan fingerprint density at radius 1 is 1.15 bits per heavy atom. The first-order valence-corrected chi connectivity index (χ1v) is 9.06. The lowest BCUT2D eigenvalue weighted by Crippen LogP contribution is -2.01. The van der Waals surface area contributed by atoms with Crippen LogP contribution in [0.2, 0.25) is 0 Å². The highest BCUT2D eigenvalue weighted by atomic mass is 79.9. The number of benzene rings is 2. The number of aromatic nitrogens is 2. The Bertz CT molecular complexity index is 1200. The van der Waals surface area contributed by atoms with Crippen molar-refractivity contribution in [2.45, 2.75) is 20.5 Å². The van der Waals surface area contributed by atoms with Crippen LogP contribution in [0.1, 0.15) is 17.0 Å². The summed E-state index contributed by atoms with van der Waals surface area (Å²) in [5.74, 6) is 1.44. The maximum absolute atomic E-state index is 11.7. The van der Waals surface area contributed by atoms with Crippen molar-refractivity contribution in [2.24, 2.45) is 0 Å². The van der Waals surface area contributed by atoms with Crippen LogP contribution in [0.25, 0.3) is 22.4 Å². The summed E-state index contributed by atoms with van der Waals surface area (Å²) in [6.07, 6.45) is 0. The van der Waals surface area contributed by atoms with E-state index < -0.39 is 0 Å². The molecular weight excluding hydrogens is 412 g/mol. The molecule has 2 heterocycles. The molecule has 0 bridgehead atoms. The van der Waals surface area contributed by atoms with Crippen LogP contribution < -0.4 is 10.4 Å². The van der Waals surface area contributed by atoms with E-state index in [0.717, 1.165) is 26.5 Å². The zero-order chi connectivity index (χ0) is 19.0. The first kappa shape index (κ1) is 17.5. The lowest BCUT2D eigenvalue weighted by Gasteiger charge is -2.09. The minimum atomic E-state index is -0.379. The summed E-state index contributed by atoms with van der Waals surface area (Å²) < 4.78 is 17.4. The third-order valence-electron chi connectivity index (χ3n) is 4.22. The standard InChI is InChI=1S/C20H15BrN2O4/c1-11-8-18(24)26-19-12(2)16(7-6-15(11)19)25-10-17-22-20(23-27-17)13-4-3-5-14(21)9-13/h3-9H,10H2,1-2H3. The monoisotopic (exact) mass is 426 g/mol. The maximum Gasteiger partial charge on any atom is 0.336 e. The Kier molecular flexibility index (Phi) is 4.53. The van der Waals surface area contributed by atoms with E-state index in [2.05, 4.69) is 26.1 Å². The van der Waals surface area contributed by atoms with Gasteiger partial charge in [0.25, 0.3) is 5.89 Å². The molecule has 6 nitrogen and oxygen atoms in total. The van der Waals surface area contributed by atoms with Gasteiger partial charge < -0.3 is 13.7 Å². The molecule has 27 heavy (non-hydrogen) atoms. The fourth-order valence-corrected chi connectivity index (χ4v) is 3.25. The third-order valence-corrected chi connectivity index (χ3v) is 4.71. The molecule has 0 radical (unpaired) electrons. The average molecular weight is 427 g/mol. The maximum atomic E-state index is 11.7. The van der Waals surface area contributed by atoms with E-state index in [1.165, 1.54) is 6.07 Å². The summed E-state index contributed by atoms with van der Waals surface area (Å²) in [5, 5.41) is 4.87. The first-order chi connectivity index (χ1) is 13.0. The number of hydrogen-bond donors (Lipinski definition) is 0. The zero-order valence-corrected chi connectivity index (χ0v) is 16.2. The summed E-state index contributed by atoms with van der Waals surface area (Å²) >= 11 is 3.42. The number of halogens is 1. The van der Waals surface area contributed by atoms with Gasteiger partial charge in [-0.3, -0.25) is 0 Å². The summed E-state index contributed by atoms with van der Waals surface area (Å²) in [5.41, 5.74) is 2.61. The highest BCUT2D eigenvalue weighted by Crippen LogP contribution is 2.29. The Hall–Kier alpha value is -2.93. The smallest absolute Gasteiger partial charge is 0.336 e. The number of hydrogen-bond acceptors (Lipinski definition) is 6. The van der Waals surface area contributed by atoms with Crippen molar-refractivity contribution in [3.63, 3.8) is 0 Å². The van der Waals surface area contributed by atoms with Crippen LogP contribution >= 0.6 is 15.9 Å². The van der Waals surface area contributed by atoms with Gasteiger partial charge in [-0.2, -0.15) is 4.98 Å². The number of ether oxygens (including phenoxy) is 1. The molecule has 0 aliphatic rings. The fourth-order valence-electron chi connectivity index (χ4n) is 2.85. The van der Waals surface area contributed by atoms with Crippen molar-refractivity contribution in [3.8, 4) is 17.1 Å². The topological polar surface area (TPSA) is 78.4 Å². The van der Waals surface area contributed by atoms with Crippen molar-refractivity contribution < 1.29 is 13.7 Å². The van der Waals surface area contributed by atoms with Crippen molar-refractivity contribution in [1.82, 2.24) is 10.1 Å². The summed E-state index contributed by atoms with van der Waals surface area (Å²) in [6, 6.07) is 12.8. The summed E-state index contributed by atoms with van der Waals surface area (Å²) in [6.45, 7) is 3.84. The van der Waals surface area contributed by atoms with E-state index in [4.69, 9.17) is 13.7 Å². The molecule has 0 unspecified atom stereocenters. The van der Waals surface area contributed by atoms with E-state index in [1.807, 2.05) is 50.2 Å². The van der Waals surface area contributed by atoms with Crippen LogP contribution in [0.4, 0.5) is 0 Å². The van der Waals surface area contributed by atoms with Gasteiger partial charge in [0.2, 0.25) is 5.82 Å². The number of aryl methyl sites for hydroxylation is 2. The number of nitrogens with zero attached hydrogens (tertiary/aromatic N) is 2. The van der Waals surface area contributed by atoms with E-state index >= 15 is 0 Å². The molecule has 0 fully saturated rings. The summed E-state index contributed by atoms with van der Waals surface area (Å²) in [7, 11) is 0. The van der Waals surface area contributed by atoms with Crippen LogP contribution in [-0.2, 0) is 6.61 Å². The van der Waals surface area contributed by atoms with Gasteiger partial charge in [0, 0.05) is 27.1 Å². The second-order valence-electron chi connectivity index (χ2n) is 6.12. The molecular formula is C20H15BrN2O4. The molecule has 4 rings (SSSR count). The van der Waals surface area contributed by atoms with Gasteiger partial charge in [-0.05, 0) is 43.7 Å². The van der Waals surface area contributed by atoms with Crippen LogP contribution in [-0.4, -0.2) is 10.1 Å². The molecule has 0 saturated carbocycles. The van der Waals surface area contributed by atoms with Gasteiger partial charge in [-0.1, -0.05) is 33.2 Å². The molecule has 4 aromatic rings. The predicted molar refractivity (Wildman–Crippen MR) is 104 cm³/mol. The lowest BCUT2D eigenvalue weighted by atomic mass is 10.1. The molecule has 0 spiro atoms. The van der Waals surface area contributed by atoms with Crippen molar-refractivity contribution in [2.75, 3.05) is 0 Å². The minimum absolute atomic E-state index is 0.114. The van der Waals surface area contributed by atoms with Gasteiger partial charge in [0.15, 0.2) is 6.61 Å². The molecule has 2 aromatic carbocycles. The molecule has 7 heteroatoms. The quantitative estimate of drug-likeness (QED) is 0.436. The largest absolute Gasteiger partial charge is 0.483 e. The third kappa shape index (κ3) is 3.50. The molecule has 0 aliphatic heterocycles. The van der Waals surface area contributed by atoms with Crippen molar-refractivity contribution in [3.05, 3.63) is 74.4 Å². The Balaban J connectivity index is 1.57. The predicted octanol–water partition coefficient (Wildman–Crippen LogP) is 4.80.